The average Bonchev–Trinajstić information content (AvgIpc) is 3.11. The van der Waals surface area contributed by atoms with Crippen LogP contribution in [0, 0.1) is 10.1 Å². The van der Waals surface area contributed by atoms with Gasteiger partial charge in [-0.05, 0) is 31.2 Å². The van der Waals surface area contributed by atoms with Gasteiger partial charge in [0.25, 0.3) is 5.91 Å². The maximum Gasteiger partial charge on any atom is 0.311 e. The minimum atomic E-state index is -0.562. The van der Waals surface area contributed by atoms with Crippen LogP contribution < -0.4 is 4.74 Å². The number of rotatable bonds is 9. The molecule has 1 amide bonds. The smallest absolute Gasteiger partial charge is 0.311 e. The third kappa shape index (κ3) is 4.80. The Morgan fingerprint density at radius 2 is 2.16 bits per heavy atom. The number of nitro benzene ring substituents is 1. The molecule has 0 bridgehead atoms. The summed E-state index contributed by atoms with van der Waals surface area (Å²) in [6, 6.07) is 7.68. The number of carbonyl (C=O) groups excluding carboxylic acids is 1. The third-order valence-electron chi connectivity index (χ3n) is 3.48. The molecular formula is C17H20N2O6. The summed E-state index contributed by atoms with van der Waals surface area (Å²) in [6.07, 6.45) is 1.52. The molecule has 0 radical (unpaired) electrons. The summed E-state index contributed by atoms with van der Waals surface area (Å²) < 4.78 is 15.6. The second kappa shape index (κ2) is 8.84. The lowest BCUT2D eigenvalue weighted by atomic mass is 10.1. The largest absolute Gasteiger partial charge is 0.487 e. The molecule has 0 aliphatic heterocycles. The van der Waals surface area contributed by atoms with E-state index in [1.807, 2.05) is 0 Å². The van der Waals surface area contributed by atoms with Crippen LogP contribution in [0.5, 0.6) is 5.75 Å². The maximum atomic E-state index is 12.8. The lowest BCUT2D eigenvalue weighted by Crippen LogP contribution is -2.33. The van der Waals surface area contributed by atoms with Crippen LogP contribution in [-0.2, 0) is 11.3 Å². The molecule has 0 aliphatic rings. The predicted molar refractivity (Wildman–Crippen MR) is 89.6 cm³/mol. The summed E-state index contributed by atoms with van der Waals surface area (Å²) in [5.74, 6) is 0.406. The molecular weight excluding hydrogens is 328 g/mol. The van der Waals surface area contributed by atoms with Crippen molar-refractivity contribution < 1.29 is 23.6 Å². The number of methoxy groups -OCH3 is 1. The zero-order valence-electron chi connectivity index (χ0n) is 14.1. The van der Waals surface area contributed by atoms with E-state index >= 15 is 0 Å². The second-order valence-corrected chi connectivity index (χ2v) is 5.17. The highest BCUT2D eigenvalue weighted by atomic mass is 16.6. The van der Waals surface area contributed by atoms with Gasteiger partial charge in [0.1, 0.15) is 5.76 Å². The van der Waals surface area contributed by atoms with Crippen molar-refractivity contribution in [2.75, 3.05) is 26.9 Å². The highest BCUT2D eigenvalue weighted by Gasteiger charge is 2.22. The Balaban J connectivity index is 2.27. The van der Waals surface area contributed by atoms with Gasteiger partial charge >= 0.3 is 5.69 Å². The molecule has 0 N–H and O–H groups in total. The Bertz CT molecular complexity index is 714. The number of nitro groups is 1. The number of nitrogens with zero attached hydrogens (tertiary/aromatic N) is 2. The van der Waals surface area contributed by atoms with Crippen molar-refractivity contribution >= 4 is 11.6 Å². The first-order valence-corrected chi connectivity index (χ1v) is 7.78. The van der Waals surface area contributed by atoms with E-state index in [9.17, 15) is 14.9 Å². The van der Waals surface area contributed by atoms with E-state index in [-0.39, 0.29) is 29.5 Å². The van der Waals surface area contributed by atoms with Crippen molar-refractivity contribution in [3.05, 3.63) is 58.0 Å². The van der Waals surface area contributed by atoms with E-state index in [0.717, 1.165) is 0 Å². The third-order valence-corrected chi connectivity index (χ3v) is 3.48. The summed E-state index contributed by atoms with van der Waals surface area (Å²) in [6.45, 7) is 2.95. The maximum absolute atomic E-state index is 12.8. The van der Waals surface area contributed by atoms with Crippen LogP contribution in [0.4, 0.5) is 5.69 Å². The molecule has 0 saturated heterocycles. The summed E-state index contributed by atoms with van der Waals surface area (Å²) in [5, 5.41) is 11.2. The Hall–Kier alpha value is -2.87. The second-order valence-electron chi connectivity index (χ2n) is 5.17. The molecule has 1 heterocycles. The van der Waals surface area contributed by atoms with Crippen LogP contribution in [0.15, 0.2) is 41.0 Å². The van der Waals surface area contributed by atoms with E-state index < -0.39 is 4.92 Å². The minimum Gasteiger partial charge on any atom is -0.487 e. The van der Waals surface area contributed by atoms with Gasteiger partial charge in [-0.3, -0.25) is 14.9 Å². The van der Waals surface area contributed by atoms with Crippen LogP contribution in [0.1, 0.15) is 23.0 Å². The van der Waals surface area contributed by atoms with Gasteiger partial charge in [-0.2, -0.15) is 0 Å². The Morgan fingerprint density at radius 3 is 2.76 bits per heavy atom. The average molecular weight is 348 g/mol. The van der Waals surface area contributed by atoms with Crippen molar-refractivity contribution in [2.24, 2.45) is 0 Å². The van der Waals surface area contributed by atoms with E-state index in [1.54, 1.807) is 19.1 Å². The van der Waals surface area contributed by atoms with Crippen LogP contribution in [-0.4, -0.2) is 42.6 Å². The molecule has 0 saturated carbocycles. The molecule has 1 aromatic heterocycles. The summed E-state index contributed by atoms with van der Waals surface area (Å²) in [7, 11) is 1.54. The lowest BCUT2D eigenvalue weighted by Gasteiger charge is -2.21. The fourth-order valence-corrected chi connectivity index (χ4v) is 2.30. The number of ether oxygens (including phenoxy) is 2. The molecule has 1 aromatic carbocycles. The van der Waals surface area contributed by atoms with Gasteiger partial charge in [0.15, 0.2) is 5.75 Å². The van der Waals surface area contributed by atoms with Gasteiger partial charge in [-0.15, -0.1) is 0 Å². The first-order chi connectivity index (χ1) is 12.1. The van der Waals surface area contributed by atoms with Crippen molar-refractivity contribution in [1.29, 1.82) is 0 Å². The molecule has 8 nitrogen and oxygen atoms in total. The first kappa shape index (κ1) is 18.5. The minimum absolute atomic E-state index is 0.138. The molecule has 134 valence electrons. The monoisotopic (exact) mass is 348 g/mol. The molecule has 0 unspecified atom stereocenters. The fraction of sp³-hybridized carbons (Fsp3) is 0.353. The molecule has 0 spiro atoms. The lowest BCUT2D eigenvalue weighted by molar-refractivity contribution is -0.385. The number of benzene rings is 1. The zero-order valence-corrected chi connectivity index (χ0v) is 14.1. The fourth-order valence-electron chi connectivity index (χ4n) is 2.30. The van der Waals surface area contributed by atoms with Gasteiger partial charge in [0.05, 0.1) is 30.9 Å². The van der Waals surface area contributed by atoms with Gasteiger partial charge in [0, 0.05) is 25.3 Å². The van der Waals surface area contributed by atoms with Crippen molar-refractivity contribution in [2.45, 2.75) is 13.5 Å². The number of carbonyl (C=O) groups is 1. The topological polar surface area (TPSA) is 95.0 Å². The highest BCUT2D eigenvalue weighted by Crippen LogP contribution is 2.28. The quantitative estimate of drug-likeness (QED) is 0.511. The first-order valence-electron chi connectivity index (χ1n) is 7.78. The van der Waals surface area contributed by atoms with Gasteiger partial charge in [-0.1, -0.05) is 0 Å². The molecule has 25 heavy (non-hydrogen) atoms. The highest BCUT2D eigenvalue weighted by molar-refractivity contribution is 5.95. The van der Waals surface area contributed by atoms with Gasteiger partial charge in [0.2, 0.25) is 0 Å². The number of amides is 1. The van der Waals surface area contributed by atoms with Crippen molar-refractivity contribution in [3.63, 3.8) is 0 Å². The summed E-state index contributed by atoms with van der Waals surface area (Å²) >= 11 is 0. The summed E-state index contributed by atoms with van der Waals surface area (Å²) in [5.41, 5.74) is -0.0322. The molecule has 0 fully saturated rings. The van der Waals surface area contributed by atoms with E-state index in [0.29, 0.717) is 25.5 Å². The van der Waals surface area contributed by atoms with E-state index in [4.69, 9.17) is 13.9 Å². The van der Waals surface area contributed by atoms with Gasteiger partial charge in [-0.25, -0.2) is 0 Å². The van der Waals surface area contributed by atoms with Crippen LogP contribution in [0.2, 0.25) is 0 Å². The Morgan fingerprint density at radius 1 is 1.36 bits per heavy atom. The molecule has 0 atom stereocenters. The normalized spacial score (nSPS) is 10.5. The van der Waals surface area contributed by atoms with Gasteiger partial charge < -0.3 is 18.8 Å². The van der Waals surface area contributed by atoms with E-state index in [1.165, 1.54) is 36.5 Å². The zero-order chi connectivity index (χ0) is 18.2. The standard InChI is InChI=1S/C17H20N2O6/c1-3-24-16-7-6-13(11-15(16)19(21)22)17(20)18(8-10-23-2)12-14-5-4-9-25-14/h4-7,9,11H,3,8,10,12H2,1-2H3. The van der Waals surface area contributed by atoms with Crippen LogP contribution in [0.3, 0.4) is 0 Å². The molecule has 2 rings (SSSR count). The molecule has 8 heteroatoms. The number of hydrogen-bond acceptors (Lipinski definition) is 6. The number of hydrogen-bond donors (Lipinski definition) is 0. The predicted octanol–water partition coefficient (Wildman–Crippen LogP) is 2.88. The van der Waals surface area contributed by atoms with Crippen LogP contribution >= 0.6 is 0 Å². The SMILES string of the molecule is CCOc1ccc(C(=O)N(CCOC)Cc2ccco2)cc1[N+](=O)[O-]. The number of furan rings is 1. The van der Waals surface area contributed by atoms with Crippen molar-refractivity contribution in [3.8, 4) is 5.75 Å². The Labute approximate surface area is 145 Å². The van der Waals surface area contributed by atoms with E-state index in [2.05, 4.69) is 0 Å². The van der Waals surface area contributed by atoms with Crippen LogP contribution in [0.25, 0.3) is 0 Å². The Kier molecular flexibility index (Phi) is 6.53. The summed E-state index contributed by atoms with van der Waals surface area (Å²) in [4.78, 5) is 25.0. The van der Waals surface area contributed by atoms with Crippen molar-refractivity contribution in [1.82, 2.24) is 4.90 Å². The molecule has 0 aliphatic carbocycles. The molecule has 2 aromatic rings.